The number of aromatic nitrogens is 1. The maximum atomic E-state index is 12.1. The number of carbonyl (C=O) groups is 1. The van der Waals surface area contributed by atoms with Crippen LogP contribution in [0.5, 0.6) is 5.75 Å². The molecule has 1 aromatic heterocycles. The standard InChI is InChI=1S/C9H7ClF3NO4/c10-3-5-4(1-8(16)17)6(2-7(15)14-5)18-9(11,12)13/h2H,1,3H2,(H,14,15)(H,16,17). The fourth-order valence-electron chi connectivity index (χ4n) is 1.29. The average molecular weight is 286 g/mol. The van der Waals surface area contributed by atoms with Gasteiger partial charge in [-0.05, 0) is 0 Å². The van der Waals surface area contributed by atoms with Gasteiger partial charge in [-0.2, -0.15) is 0 Å². The van der Waals surface area contributed by atoms with Gasteiger partial charge in [-0.25, -0.2) is 0 Å². The van der Waals surface area contributed by atoms with E-state index >= 15 is 0 Å². The van der Waals surface area contributed by atoms with E-state index in [1.165, 1.54) is 0 Å². The summed E-state index contributed by atoms with van der Waals surface area (Å²) >= 11 is 5.43. The number of halogens is 4. The maximum Gasteiger partial charge on any atom is 0.573 e. The number of nitrogens with one attached hydrogen (secondary N) is 1. The monoisotopic (exact) mass is 285 g/mol. The van der Waals surface area contributed by atoms with Gasteiger partial charge in [0.25, 0.3) is 5.56 Å². The van der Waals surface area contributed by atoms with Crippen LogP contribution in [0.25, 0.3) is 0 Å². The lowest BCUT2D eigenvalue weighted by molar-refractivity contribution is -0.275. The molecule has 0 atom stereocenters. The molecule has 0 spiro atoms. The fourth-order valence-corrected chi connectivity index (χ4v) is 1.52. The summed E-state index contributed by atoms with van der Waals surface area (Å²) in [6.07, 6.45) is -5.77. The zero-order chi connectivity index (χ0) is 13.9. The van der Waals surface area contributed by atoms with Crippen molar-refractivity contribution in [1.82, 2.24) is 4.98 Å². The predicted molar refractivity (Wildman–Crippen MR) is 54.6 cm³/mol. The third-order valence-corrected chi connectivity index (χ3v) is 2.15. The molecule has 1 rings (SSSR count). The number of H-pyrrole nitrogens is 1. The van der Waals surface area contributed by atoms with E-state index < -0.39 is 30.1 Å². The Bertz CT molecular complexity index is 512. The second-order valence-corrected chi connectivity index (χ2v) is 3.47. The molecule has 0 saturated heterocycles. The fraction of sp³-hybridized carbons (Fsp3) is 0.333. The molecule has 2 N–H and O–H groups in total. The lowest BCUT2D eigenvalue weighted by atomic mass is 10.1. The number of rotatable bonds is 4. The molecule has 5 nitrogen and oxygen atoms in total. The number of hydrogen-bond donors (Lipinski definition) is 2. The molecule has 0 unspecified atom stereocenters. The highest BCUT2D eigenvalue weighted by molar-refractivity contribution is 6.17. The molecule has 100 valence electrons. The zero-order valence-electron chi connectivity index (χ0n) is 8.68. The summed E-state index contributed by atoms with van der Waals surface area (Å²) in [6.45, 7) is 0. The smallest absolute Gasteiger partial charge is 0.481 e. The first kappa shape index (κ1) is 14.4. The van der Waals surface area contributed by atoms with Crippen molar-refractivity contribution in [2.75, 3.05) is 0 Å². The van der Waals surface area contributed by atoms with E-state index in [4.69, 9.17) is 16.7 Å². The predicted octanol–water partition coefficient (Wildman–Crippen LogP) is 1.64. The van der Waals surface area contributed by atoms with Crippen molar-refractivity contribution >= 4 is 17.6 Å². The van der Waals surface area contributed by atoms with Gasteiger partial charge in [0.2, 0.25) is 0 Å². The highest BCUT2D eigenvalue weighted by atomic mass is 35.5. The first-order valence-corrected chi connectivity index (χ1v) is 5.05. The van der Waals surface area contributed by atoms with E-state index in [1.54, 1.807) is 0 Å². The van der Waals surface area contributed by atoms with Crippen molar-refractivity contribution in [2.24, 2.45) is 0 Å². The third-order valence-electron chi connectivity index (χ3n) is 1.89. The Morgan fingerprint density at radius 3 is 2.56 bits per heavy atom. The average Bonchev–Trinajstić information content (AvgIpc) is 2.18. The van der Waals surface area contributed by atoms with E-state index in [-0.39, 0.29) is 17.1 Å². The molecule has 0 aliphatic heterocycles. The van der Waals surface area contributed by atoms with Crippen LogP contribution in [-0.2, 0) is 17.1 Å². The Morgan fingerprint density at radius 1 is 1.50 bits per heavy atom. The van der Waals surface area contributed by atoms with Crippen LogP contribution in [-0.4, -0.2) is 22.4 Å². The SMILES string of the molecule is O=C(O)Cc1c(OC(F)(F)F)cc(=O)[nH]c1CCl. The van der Waals surface area contributed by atoms with Gasteiger partial charge in [0.15, 0.2) is 0 Å². The van der Waals surface area contributed by atoms with Crippen LogP contribution in [0.2, 0.25) is 0 Å². The van der Waals surface area contributed by atoms with Gasteiger partial charge in [0, 0.05) is 17.3 Å². The van der Waals surface area contributed by atoms with Crippen LogP contribution in [0.1, 0.15) is 11.3 Å². The lowest BCUT2D eigenvalue weighted by Gasteiger charge is -2.14. The molecule has 0 saturated carbocycles. The van der Waals surface area contributed by atoms with Crippen molar-refractivity contribution in [3.8, 4) is 5.75 Å². The molecular weight excluding hydrogens is 279 g/mol. The molecular formula is C9H7ClF3NO4. The van der Waals surface area contributed by atoms with Gasteiger partial charge in [0.1, 0.15) is 5.75 Å². The minimum atomic E-state index is -5.02. The second-order valence-electron chi connectivity index (χ2n) is 3.21. The summed E-state index contributed by atoms with van der Waals surface area (Å²) in [5, 5.41) is 8.61. The molecule has 0 aliphatic carbocycles. The highest BCUT2D eigenvalue weighted by Crippen LogP contribution is 2.27. The molecule has 0 aromatic carbocycles. The molecule has 1 aromatic rings. The first-order valence-electron chi connectivity index (χ1n) is 4.51. The lowest BCUT2D eigenvalue weighted by Crippen LogP contribution is -2.22. The number of aliphatic carboxylic acids is 1. The normalized spacial score (nSPS) is 11.3. The molecule has 1 heterocycles. The first-order chi connectivity index (χ1) is 8.23. The van der Waals surface area contributed by atoms with E-state index in [0.29, 0.717) is 6.07 Å². The number of pyridine rings is 1. The molecule has 0 radical (unpaired) electrons. The van der Waals surface area contributed by atoms with E-state index in [2.05, 4.69) is 9.72 Å². The number of aromatic amines is 1. The Morgan fingerprint density at radius 2 is 2.11 bits per heavy atom. The van der Waals surface area contributed by atoms with Crippen molar-refractivity contribution in [1.29, 1.82) is 0 Å². The molecule has 0 bridgehead atoms. The second kappa shape index (κ2) is 5.30. The Hall–Kier alpha value is -1.70. The number of carboxylic acids is 1. The highest BCUT2D eigenvalue weighted by Gasteiger charge is 2.33. The quantitative estimate of drug-likeness (QED) is 0.824. The van der Waals surface area contributed by atoms with Crippen LogP contribution in [0.15, 0.2) is 10.9 Å². The summed E-state index contributed by atoms with van der Waals surface area (Å²) in [4.78, 5) is 23.8. The van der Waals surface area contributed by atoms with Crippen LogP contribution in [0.4, 0.5) is 13.2 Å². The molecule has 18 heavy (non-hydrogen) atoms. The third kappa shape index (κ3) is 3.95. The molecule has 0 amide bonds. The van der Waals surface area contributed by atoms with Crippen molar-refractivity contribution in [3.63, 3.8) is 0 Å². The van der Waals surface area contributed by atoms with Gasteiger partial charge in [-0.1, -0.05) is 0 Å². The molecule has 0 aliphatic rings. The van der Waals surface area contributed by atoms with Gasteiger partial charge in [-0.3, -0.25) is 9.59 Å². The van der Waals surface area contributed by atoms with E-state index in [1.807, 2.05) is 0 Å². The Kier molecular flexibility index (Phi) is 4.23. The van der Waals surface area contributed by atoms with Gasteiger partial charge < -0.3 is 14.8 Å². The topological polar surface area (TPSA) is 79.4 Å². The van der Waals surface area contributed by atoms with Crippen molar-refractivity contribution in [2.45, 2.75) is 18.7 Å². The zero-order valence-corrected chi connectivity index (χ0v) is 9.43. The van der Waals surface area contributed by atoms with Gasteiger partial charge >= 0.3 is 12.3 Å². The summed E-state index contributed by atoms with van der Waals surface area (Å²) in [7, 11) is 0. The van der Waals surface area contributed by atoms with Gasteiger partial charge in [-0.15, -0.1) is 24.8 Å². The molecule has 0 fully saturated rings. The minimum absolute atomic E-state index is 0.120. The molecule has 9 heteroatoms. The Balaban J connectivity index is 3.32. The van der Waals surface area contributed by atoms with Crippen LogP contribution in [0.3, 0.4) is 0 Å². The summed E-state index contributed by atoms with van der Waals surface area (Å²) in [5.41, 5.74) is -1.29. The van der Waals surface area contributed by atoms with Crippen molar-refractivity contribution < 1.29 is 27.8 Å². The number of ether oxygens (including phenoxy) is 1. The minimum Gasteiger partial charge on any atom is -0.481 e. The largest absolute Gasteiger partial charge is 0.573 e. The van der Waals surface area contributed by atoms with E-state index in [0.717, 1.165) is 0 Å². The van der Waals surface area contributed by atoms with Crippen LogP contribution < -0.4 is 10.3 Å². The number of carboxylic acid groups (broad SMARTS) is 1. The van der Waals surface area contributed by atoms with Crippen LogP contribution >= 0.6 is 11.6 Å². The number of hydrogen-bond acceptors (Lipinski definition) is 3. The maximum absolute atomic E-state index is 12.1. The van der Waals surface area contributed by atoms with Gasteiger partial charge in [0.05, 0.1) is 12.3 Å². The summed E-state index contributed by atoms with van der Waals surface area (Å²) < 4.78 is 39.9. The summed E-state index contributed by atoms with van der Waals surface area (Å²) in [6, 6.07) is 0.530. The number of alkyl halides is 4. The van der Waals surface area contributed by atoms with Crippen LogP contribution in [0, 0.1) is 0 Å². The summed E-state index contributed by atoms with van der Waals surface area (Å²) in [5.74, 6) is -2.57. The Labute approximate surface area is 103 Å². The van der Waals surface area contributed by atoms with E-state index in [9.17, 15) is 22.8 Å². The van der Waals surface area contributed by atoms with Crippen molar-refractivity contribution in [3.05, 3.63) is 27.7 Å².